The van der Waals surface area contributed by atoms with Gasteiger partial charge in [-0.3, -0.25) is 15.0 Å². The number of hydrogen-bond acceptors (Lipinski definition) is 7. The van der Waals surface area contributed by atoms with Crippen LogP contribution >= 0.6 is 0 Å². The van der Waals surface area contributed by atoms with E-state index in [0.29, 0.717) is 43.3 Å². The van der Waals surface area contributed by atoms with Gasteiger partial charge in [-0.05, 0) is 54.3 Å². The van der Waals surface area contributed by atoms with Crippen molar-refractivity contribution in [3.05, 3.63) is 93.5 Å². The quantitative estimate of drug-likeness (QED) is 0.286. The highest BCUT2D eigenvalue weighted by atomic mass is 16.6. The number of ether oxygens (including phenoxy) is 3. The molecule has 1 N–H and O–H groups in total. The molecule has 0 bridgehead atoms. The lowest BCUT2D eigenvalue weighted by molar-refractivity contribution is -0.384. The van der Waals surface area contributed by atoms with Crippen LogP contribution in [0.1, 0.15) is 16.7 Å². The predicted octanol–water partition coefficient (Wildman–Crippen LogP) is 4.41. The van der Waals surface area contributed by atoms with E-state index >= 15 is 0 Å². The Morgan fingerprint density at radius 1 is 0.971 bits per heavy atom. The Labute approximate surface area is 205 Å². The van der Waals surface area contributed by atoms with Crippen molar-refractivity contribution in [2.75, 3.05) is 33.9 Å². The standard InChI is InChI=1S/C27H32N2O6/c1-20-6-4-9-25(14-20)35-19-24(30)18-28(17-22-7-5-8-23(15-22)29(31)32)13-12-21-10-11-26(33-2)27(16-21)34-3/h4-11,14-16,24,30H,12-13,17-19H2,1-3H3. The molecule has 0 aliphatic carbocycles. The molecule has 0 amide bonds. The summed E-state index contributed by atoms with van der Waals surface area (Å²) in [5, 5.41) is 21.9. The third kappa shape index (κ3) is 7.98. The first-order valence-corrected chi connectivity index (χ1v) is 11.4. The number of benzene rings is 3. The van der Waals surface area contributed by atoms with Crippen molar-refractivity contribution < 1.29 is 24.2 Å². The summed E-state index contributed by atoms with van der Waals surface area (Å²) in [6.45, 7) is 3.56. The van der Waals surface area contributed by atoms with Crippen LogP contribution in [-0.4, -0.2) is 54.9 Å². The molecule has 0 aliphatic heterocycles. The van der Waals surface area contributed by atoms with Gasteiger partial charge in [-0.15, -0.1) is 0 Å². The third-order valence-corrected chi connectivity index (χ3v) is 5.59. The predicted molar refractivity (Wildman–Crippen MR) is 134 cm³/mol. The molecule has 0 fully saturated rings. The second-order valence-electron chi connectivity index (χ2n) is 8.38. The van der Waals surface area contributed by atoms with Gasteiger partial charge < -0.3 is 19.3 Å². The van der Waals surface area contributed by atoms with Gasteiger partial charge in [-0.2, -0.15) is 0 Å². The Kier molecular flexibility index (Phi) is 9.46. The minimum absolute atomic E-state index is 0.0469. The molecular formula is C27H32N2O6. The van der Waals surface area contributed by atoms with E-state index in [1.807, 2.05) is 55.5 Å². The topological polar surface area (TPSA) is 94.3 Å². The van der Waals surface area contributed by atoms with Crippen molar-refractivity contribution in [1.82, 2.24) is 4.90 Å². The fourth-order valence-corrected chi connectivity index (χ4v) is 3.83. The molecule has 8 nitrogen and oxygen atoms in total. The van der Waals surface area contributed by atoms with Crippen LogP contribution in [0.15, 0.2) is 66.7 Å². The van der Waals surface area contributed by atoms with Crippen LogP contribution in [0.25, 0.3) is 0 Å². The molecule has 0 radical (unpaired) electrons. The van der Waals surface area contributed by atoms with Crippen LogP contribution in [0.3, 0.4) is 0 Å². The first kappa shape index (κ1) is 26.0. The smallest absolute Gasteiger partial charge is 0.269 e. The molecular weight excluding hydrogens is 448 g/mol. The summed E-state index contributed by atoms with van der Waals surface area (Å²) in [6, 6.07) is 20.0. The summed E-state index contributed by atoms with van der Waals surface area (Å²) in [4.78, 5) is 12.9. The second kappa shape index (κ2) is 12.7. The van der Waals surface area contributed by atoms with Crippen molar-refractivity contribution in [3.63, 3.8) is 0 Å². The number of nitrogens with zero attached hydrogens (tertiary/aromatic N) is 2. The first-order chi connectivity index (χ1) is 16.9. The van der Waals surface area contributed by atoms with E-state index in [9.17, 15) is 15.2 Å². The van der Waals surface area contributed by atoms with Crippen LogP contribution < -0.4 is 14.2 Å². The molecule has 186 valence electrons. The van der Waals surface area contributed by atoms with Crippen LogP contribution in [0, 0.1) is 17.0 Å². The Bertz CT molecular complexity index is 1120. The van der Waals surface area contributed by atoms with E-state index in [4.69, 9.17) is 14.2 Å². The Morgan fingerprint density at radius 3 is 2.46 bits per heavy atom. The van der Waals surface area contributed by atoms with Gasteiger partial charge >= 0.3 is 0 Å². The highest BCUT2D eigenvalue weighted by Gasteiger charge is 2.16. The minimum atomic E-state index is -0.736. The highest BCUT2D eigenvalue weighted by Crippen LogP contribution is 2.28. The number of aryl methyl sites for hydroxylation is 1. The van der Waals surface area contributed by atoms with Gasteiger partial charge in [0, 0.05) is 31.8 Å². The van der Waals surface area contributed by atoms with Gasteiger partial charge in [0.05, 0.1) is 19.1 Å². The van der Waals surface area contributed by atoms with E-state index in [1.165, 1.54) is 6.07 Å². The molecule has 3 aromatic rings. The molecule has 0 saturated carbocycles. The molecule has 0 heterocycles. The van der Waals surface area contributed by atoms with E-state index < -0.39 is 11.0 Å². The number of nitro benzene ring substituents is 1. The first-order valence-electron chi connectivity index (χ1n) is 11.4. The van der Waals surface area contributed by atoms with Gasteiger partial charge in [0.1, 0.15) is 18.5 Å². The number of non-ortho nitro benzene ring substituents is 1. The molecule has 8 heteroatoms. The summed E-state index contributed by atoms with van der Waals surface area (Å²) >= 11 is 0. The lowest BCUT2D eigenvalue weighted by Crippen LogP contribution is -2.36. The van der Waals surface area contributed by atoms with Crippen LogP contribution in [-0.2, 0) is 13.0 Å². The summed E-state index contributed by atoms with van der Waals surface area (Å²) in [6.07, 6.45) is -0.0413. The maximum absolute atomic E-state index is 11.2. The fourth-order valence-electron chi connectivity index (χ4n) is 3.83. The van der Waals surface area contributed by atoms with Crippen molar-refractivity contribution in [2.24, 2.45) is 0 Å². The third-order valence-electron chi connectivity index (χ3n) is 5.59. The number of rotatable bonds is 13. The monoisotopic (exact) mass is 480 g/mol. The molecule has 0 saturated heterocycles. The Hall–Kier alpha value is -3.62. The average molecular weight is 481 g/mol. The SMILES string of the molecule is COc1ccc(CCN(Cc2cccc([N+](=O)[O-])c2)CC(O)COc2cccc(C)c2)cc1OC. The summed E-state index contributed by atoms with van der Waals surface area (Å²) < 4.78 is 16.5. The largest absolute Gasteiger partial charge is 0.493 e. The number of aliphatic hydroxyl groups is 1. The normalized spacial score (nSPS) is 11.8. The minimum Gasteiger partial charge on any atom is -0.493 e. The van der Waals surface area contributed by atoms with Gasteiger partial charge in [-0.25, -0.2) is 0 Å². The molecule has 1 unspecified atom stereocenters. The van der Waals surface area contributed by atoms with E-state index in [0.717, 1.165) is 16.7 Å². The lowest BCUT2D eigenvalue weighted by atomic mass is 10.1. The number of hydrogen-bond donors (Lipinski definition) is 1. The van der Waals surface area contributed by atoms with Crippen molar-refractivity contribution >= 4 is 5.69 Å². The zero-order valence-corrected chi connectivity index (χ0v) is 20.3. The van der Waals surface area contributed by atoms with Crippen molar-refractivity contribution in [2.45, 2.75) is 26.0 Å². The number of methoxy groups -OCH3 is 2. The maximum Gasteiger partial charge on any atom is 0.269 e. The van der Waals surface area contributed by atoms with E-state index in [-0.39, 0.29) is 12.3 Å². The van der Waals surface area contributed by atoms with Crippen LogP contribution in [0.4, 0.5) is 5.69 Å². The summed E-state index contributed by atoms with van der Waals surface area (Å²) in [5.74, 6) is 2.02. The zero-order valence-electron chi connectivity index (χ0n) is 20.3. The zero-order chi connectivity index (χ0) is 25.2. The van der Waals surface area contributed by atoms with Crippen molar-refractivity contribution in [3.8, 4) is 17.2 Å². The fraction of sp³-hybridized carbons (Fsp3) is 0.333. The van der Waals surface area contributed by atoms with Crippen molar-refractivity contribution in [1.29, 1.82) is 0 Å². The molecule has 0 spiro atoms. The van der Waals surface area contributed by atoms with E-state index in [1.54, 1.807) is 26.4 Å². The average Bonchev–Trinajstić information content (AvgIpc) is 2.86. The molecule has 0 aliphatic rings. The molecule has 1 atom stereocenters. The maximum atomic E-state index is 11.2. The number of aliphatic hydroxyl groups excluding tert-OH is 1. The molecule has 3 rings (SSSR count). The van der Waals surface area contributed by atoms with Gasteiger partial charge in [0.15, 0.2) is 11.5 Å². The lowest BCUT2D eigenvalue weighted by Gasteiger charge is -2.25. The molecule has 0 aromatic heterocycles. The Balaban J connectivity index is 1.69. The summed E-state index contributed by atoms with van der Waals surface area (Å²) in [7, 11) is 3.19. The van der Waals surface area contributed by atoms with Crippen LogP contribution in [0.5, 0.6) is 17.2 Å². The Morgan fingerprint density at radius 2 is 1.74 bits per heavy atom. The van der Waals surface area contributed by atoms with Gasteiger partial charge in [0.2, 0.25) is 0 Å². The second-order valence-corrected chi connectivity index (χ2v) is 8.38. The van der Waals surface area contributed by atoms with Crippen LogP contribution in [0.2, 0.25) is 0 Å². The molecule has 35 heavy (non-hydrogen) atoms. The number of nitro groups is 1. The summed E-state index contributed by atoms with van der Waals surface area (Å²) in [5.41, 5.74) is 2.99. The van der Waals surface area contributed by atoms with Gasteiger partial charge in [0.25, 0.3) is 5.69 Å². The molecule has 3 aromatic carbocycles. The van der Waals surface area contributed by atoms with E-state index in [2.05, 4.69) is 4.90 Å². The van der Waals surface area contributed by atoms with Gasteiger partial charge in [-0.1, -0.05) is 30.3 Å². The highest BCUT2D eigenvalue weighted by molar-refractivity contribution is 5.43.